The Morgan fingerprint density at radius 1 is 1.53 bits per heavy atom. The number of thiophene rings is 1. The van der Waals surface area contributed by atoms with Gasteiger partial charge in [0.15, 0.2) is 0 Å². The van der Waals surface area contributed by atoms with Gasteiger partial charge in [0.2, 0.25) is 0 Å². The predicted molar refractivity (Wildman–Crippen MR) is 72.1 cm³/mol. The fourth-order valence-electron chi connectivity index (χ4n) is 2.22. The Balaban J connectivity index is 1.92. The molecule has 0 aromatic carbocycles. The van der Waals surface area contributed by atoms with Gasteiger partial charge >= 0.3 is 0 Å². The number of hydrogen-bond acceptors (Lipinski definition) is 3. The average Bonchev–Trinajstić information content (AvgIpc) is 2.93. The van der Waals surface area contributed by atoms with Gasteiger partial charge in [-0.25, -0.2) is 4.98 Å². The third-order valence-electron chi connectivity index (χ3n) is 3.19. The van der Waals surface area contributed by atoms with Crippen molar-refractivity contribution in [2.24, 2.45) is 5.92 Å². The molecule has 17 heavy (non-hydrogen) atoms. The third kappa shape index (κ3) is 2.19. The van der Waals surface area contributed by atoms with Gasteiger partial charge in [0.05, 0.1) is 14.4 Å². The second-order valence-electron chi connectivity index (χ2n) is 4.38. The molecule has 5 heteroatoms. The van der Waals surface area contributed by atoms with Gasteiger partial charge in [-0.1, -0.05) is 0 Å². The van der Waals surface area contributed by atoms with Crippen molar-refractivity contribution in [3.05, 3.63) is 27.9 Å². The average molecular weight is 313 g/mol. The molecule has 2 aromatic heterocycles. The highest BCUT2D eigenvalue weighted by Crippen LogP contribution is 2.32. The summed E-state index contributed by atoms with van der Waals surface area (Å²) < 4.78 is 3.35. The van der Waals surface area contributed by atoms with E-state index in [9.17, 15) is 5.11 Å². The standard InChI is InChI=1S/C12H13BrN2OS/c13-11-2-1-10(17-11)9-6-15-4-3-8(7-16)5-12(15)14-9/h1-2,6,8,16H,3-5,7H2. The van der Waals surface area contributed by atoms with Gasteiger partial charge < -0.3 is 9.67 Å². The molecule has 0 saturated heterocycles. The van der Waals surface area contributed by atoms with E-state index in [2.05, 4.69) is 43.8 Å². The number of imidazole rings is 1. The Morgan fingerprint density at radius 3 is 3.12 bits per heavy atom. The van der Waals surface area contributed by atoms with Crippen molar-refractivity contribution in [2.75, 3.05) is 6.61 Å². The van der Waals surface area contributed by atoms with E-state index < -0.39 is 0 Å². The van der Waals surface area contributed by atoms with Crippen LogP contribution in [0.1, 0.15) is 12.2 Å². The summed E-state index contributed by atoms with van der Waals surface area (Å²) in [7, 11) is 0. The van der Waals surface area contributed by atoms with Crippen molar-refractivity contribution < 1.29 is 5.11 Å². The molecule has 0 fully saturated rings. The summed E-state index contributed by atoms with van der Waals surface area (Å²) in [6, 6.07) is 4.14. The molecule has 0 amide bonds. The third-order valence-corrected chi connectivity index (χ3v) is 4.84. The Bertz CT molecular complexity index is 534. The highest BCUT2D eigenvalue weighted by atomic mass is 79.9. The molecule has 0 saturated carbocycles. The molecule has 2 aromatic rings. The SMILES string of the molecule is OCC1CCn2cc(-c3ccc(Br)s3)nc2C1. The van der Waals surface area contributed by atoms with Crippen molar-refractivity contribution in [3.63, 3.8) is 0 Å². The van der Waals surface area contributed by atoms with E-state index in [1.807, 2.05) is 0 Å². The quantitative estimate of drug-likeness (QED) is 0.926. The van der Waals surface area contributed by atoms with Crippen LogP contribution in [0, 0.1) is 5.92 Å². The Morgan fingerprint density at radius 2 is 2.41 bits per heavy atom. The normalized spacial score (nSPS) is 19.3. The molecule has 0 spiro atoms. The van der Waals surface area contributed by atoms with Crippen molar-refractivity contribution in [3.8, 4) is 10.6 Å². The highest BCUT2D eigenvalue weighted by Gasteiger charge is 2.20. The van der Waals surface area contributed by atoms with Crippen molar-refractivity contribution in [1.82, 2.24) is 9.55 Å². The van der Waals surface area contributed by atoms with Crippen molar-refractivity contribution >= 4 is 27.3 Å². The number of aryl methyl sites for hydroxylation is 1. The number of aromatic nitrogens is 2. The second kappa shape index (κ2) is 4.55. The lowest BCUT2D eigenvalue weighted by Gasteiger charge is -2.20. The maximum absolute atomic E-state index is 9.20. The first-order chi connectivity index (χ1) is 8.26. The Kier molecular flexibility index (Phi) is 3.06. The van der Waals surface area contributed by atoms with Gasteiger partial charge in [0.25, 0.3) is 0 Å². The number of fused-ring (bicyclic) bond motifs is 1. The topological polar surface area (TPSA) is 38.0 Å². The summed E-state index contributed by atoms with van der Waals surface area (Å²) in [5.74, 6) is 1.49. The summed E-state index contributed by atoms with van der Waals surface area (Å²) in [4.78, 5) is 5.87. The van der Waals surface area contributed by atoms with Crippen LogP contribution in [-0.2, 0) is 13.0 Å². The van der Waals surface area contributed by atoms with E-state index in [0.29, 0.717) is 5.92 Å². The van der Waals surface area contributed by atoms with Crippen LogP contribution < -0.4 is 0 Å². The van der Waals surface area contributed by atoms with E-state index in [1.54, 1.807) is 11.3 Å². The Hall–Kier alpha value is -0.650. The van der Waals surface area contributed by atoms with Crippen LogP contribution in [0.25, 0.3) is 10.6 Å². The number of nitrogens with zero attached hydrogens (tertiary/aromatic N) is 2. The van der Waals surface area contributed by atoms with E-state index in [4.69, 9.17) is 0 Å². The van der Waals surface area contributed by atoms with Gasteiger partial charge in [-0.2, -0.15) is 0 Å². The Labute approximate surface area is 112 Å². The van der Waals surface area contributed by atoms with Crippen LogP contribution in [0.2, 0.25) is 0 Å². The molecular weight excluding hydrogens is 300 g/mol. The zero-order valence-corrected chi connectivity index (χ0v) is 11.7. The van der Waals surface area contributed by atoms with Crippen LogP contribution >= 0.6 is 27.3 Å². The molecular formula is C12H13BrN2OS. The minimum Gasteiger partial charge on any atom is -0.396 e. The maximum atomic E-state index is 9.20. The van der Waals surface area contributed by atoms with Crippen molar-refractivity contribution in [2.45, 2.75) is 19.4 Å². The number of aliphatic hydroxyl groups excluding tert-OH is 1. The monoisotopic (exact) mass is 312 g/mol. The first-order valence-corrected chi connectivity index (χ1v) is 7.30. The van der Waals surface area contributed by atoms with E-state index >= 15 is 0 Å². The zero-order chi connectivity index (χ0) is 11.8. The van der Waals surface area contributed by atoms with Crippen LogP contribution in [0.4, 0.5) is 0 Å². The van der Waals surface area contributed by atoms with Crippen molar-refractivity contribution in [1.29, 1.82) is 0 Å². The van der Waals surface area contributed by atoms with Gasteiger partial charge in [-0.15, -0.1) is 11.3 Å². The van der Waals surface area contributed by atoms with Crippen LogP contribution in [0.5, 0.6) is 0 Å². The fraction of sp³-hybridized carbons (Fsp3) is 0.417. The minimum atomic E-state index is 0.271. The first kappa shape index (κ1) is 11.4. The summed E-state index contributed by atoms with van der Waals surface area (Å²) in [5, 5.41) is 9.20. The second-order valence-corrected chi connectivity index (χ2v) is 6.84. The molecule has 3 rings (SSSR count). The predicted octanol–water partition coefficient (Wildman–Crippen LogP) is 2.93. The van der Waals surface area contributed by atoms with Crippen LogP contribution in [0.3, 0.4) is 0 Å². The number of aliphatic hydroxyl groups is 1. The van der Waals surface area contributed by atoms with E-state index in [0.717, 1.165) is 34.7 Å². The number of halogens is 1. The summed E-state index contributed by atoms with van der Waals surface area (Å²) in [6.45, 7) is 1.24. The molecule has 0 aliphatic carbocycles. The summed E-state index contributed by atoms with van der Waals surface area (Å²) in [6.07, 6.45) is 4.07. The number of hydrogen-bond donors (Lipinski definition) is 1. The summed E-state index contributed by atoms with van der Waals surface area (Å²) >= 11 is 5.18. The molecule has 1 atom stereocenters. The van der Waals surface area contributed by atoms with Gasteiger partial charge in [-0.3, -0.25) is 0 Å². The van der Waals surface area contributed by atoms with Gasteiger partial charge in [-0.05, 0) is 40.4 Å². The molecule has 0 bridgehead atoms. The van der Waals surface area contributed by atoms with Crippen LogP contribution in [-0.4, -0.2) is 21.3 Å². The summed E-state index contributed by atoms with van der Waals surface area (Å²) in [5.41, 5.74) is 1.05. The molecule has 3 heterocycles. The van der Waals surface area contributed by atoms with Crippen LogP contribution in [0.15, 0.2) is 22.1 Å². The van der Waals surface area contributed by atoms with E-state index in [1.165, 1.54) is 4.88 Å². The minimum absolute atomic E-state index is 0.271. The highest BCUT2D eigenvalue weighted by molar-refractivity contribution is 9.11. The molecule has 0 radical (unpaired) electrons. The molecule has 90 valence electrons. The smallest absolute Gasteiger partial charge is 0.109 e. The zero-order valence-electron chi connectivity index (χ0n) is 9.27. The lowest BCUT2D eigenvalue weighted by atomic mass is 9.99. The lowest BCUT2D eigenvalue weighted by Crippen LogP contribution is -2.21. The first-order valence-electron chi connectivity index (χ1n) is 5.69. The molecule has 1 aliphatic heterocycles. The van der Waals surface area contributed by atoms with E-state index in [-0.39, 0.29) is 6.61 Å². The molecule has 1 aliphatic rings. The van der Waals surface area contributed by atoms with Gasteiger partial charge in [0, 0.05) is 25.8 Å². The molecule has 1 unspecified atom stereocenters. The number of rotatable bonds is 2. The molecule has 1 N–H and O–H groups in total. The lowest BCUT2D eigenvalue weighted by molar-refractivity contribution is 0.199. The molecule has 3 nitrogen and oxygen atoms in total. The largest absolute Gasteiger partial charge is 0.396 e. The van der Waals surface area contributed by atoms with Gasteiger partial charge in [0.1, 0.15) is 5.82 Å². The maximum Gasteiger partial charge on any atom is 0.109 e. The fourth-order valence-corrected chi connectivity index (χ4v) is 3.56.